The van der Waals surface area contributed by atoms with E-state index in [2.05, 4.69) is 20.1 Å². The number of fused-ring (bicyclic) bond motifs is 6. The fraction of sp³-hybridized carbons (Fsp3) is 0.444. The summed E-state index contributed by atoms with van der Waals surface area (Å²) in [6, 6.07) is 2.31. The summed E-state index contributed by atoms with van der Waals surface area (Å²) in [5.41, 5.74) is 5.69. The number of rotatable bonds is 1. The maximum absolute atomic E-state index is 13.2. The van der Waals surface area contributed by atoms with Gasteiger partial charge in [-0.15, -0.1) is 0 Å². The second kappa shape index (κ2) is 4.91. The molecule has 1 amide bonds. The summed E-state index contributed by atoms with van der Waals surface area (Å²) in [6.45, 7) is 3.88. The molecule has 0 aliphatic carbocycles. The van der Waals surface area contributed by atoms with Gasteiger partial charge in [-0.05, 0) is 26.7 Å². The molecule has 5 rings (SSSR count). The van der Waals surface area contributed by atoms with Crippen molar-refractivity contribution in [1.82, 2.24) is 29.3 Å². The fourth-order valence-electron chi connectivity index (χ4n) is 4.46. The van der Waals surface area contributed by atoms with Crippen LogP contribution >= 0.6 is 0 Å². The van der Waals surface area contributed by atoms with Crippen molar-refractivity contribution in [2.24, 2.45) is 7.05 Å². The Balaban J connectivity index is 1.60. The quantitative estimate of drug-likeness (QED) is 0.681. The minimum Gasteiger partial charge on any atom is -0.328 e. The molecule has 0 aromatic carbocycles. The summed E-state index contributed by atoms with van der Waals surface area (Å²) in [4.78, 5) is 19.8. The highest BCUT2D eigenvalue weighted by atomic mass is 16.2. The van der Waals surface area contributed by atoms with Crippen molar-refractivity contribution in [2.45, 2.75) is 45.2 Å². The summed E-state index contributed by atoms with van der Waals surface area (Å²) in [6.07, 6.45) is 6.60. The Hall–Kier alpha value is -2.70. The second-order valence-corrected chi connectivity index (χ2v) is 7.18. The predicted molar refractivity (Wildman–Crippen MR) is 91.3 cm³/mol. The summed E-state index contributed by atoms with van der Waals surface area (Å²) in [7, 11) is 1.85. The third-order valence-corrected chi connectivity index (χ3v) is 5.51. The largest absolute Gasteiger partial charge is 0.328 e. The number of hydrogen-bond acceptors (Lipinski definition) is 4. The average Bonchev–Trinajstić information content (AvgIpc) is 3.21. The summed E-state index contributed by atoms with van der Waals surface area (Å²) in [5.74, 6) is 0.0838. The van der Waals surface area contributed by atoms with E-state index in [9.17, 15) is 4.79 Å². The first kappa shape index (κ1) is 14.6. The Labute approximate surface area is 145 Å². The molecule has 7 nitrogen and oxygen atoms in total. The van der Waals surface area contributed by atoms with Gasteiger partial charge in [0.15, 0.2) is 5.65 Å². The van der Waals surface area contributed by atoms with Gasteiger partial charge in [0, 0.05) is 43.5 Å². The average molecular weight is 336 g/mol. The first-order valence-electron chi connectivity index (χ1n) is 8.70. The van der Waals surface area contributed by atoms with Gasteiger partial charge in [0.1, 0.15) is 0 Å². The first-order chi connectivity index (χ1) is 12.0. The Morgan fingerprint density at radius 3 is 2.84 bits per heavy atom. The summed E-state index contributed by atoms with van der Waals surface area (Å²) < 4.78 is 3.67. The fourth-order valence-corrected chi connectivity index (χ4v) is 4.46. The van der Waals surface area contributed by atoms with Crippen LogP contribution in [0.25, 0.3) is 5.65 Å². The number of aromatic nitrogens is 5. The third kappa shape index (κ3) is 1.98. The topological polar surface area (TPSA) is 68.3 Å². The zero-order valence-corrected chi connectivity index (χ0v) is 14.6. The van der Waals surface area contributed by atoms with Crippen molar-refractivity contribution in [2.75, 3.05) is 0 Å². The van der Waals surface area contributed by atoms with Gasteiger partial charge in [0.05, 0.1) is 28.7 Å². The maximum atomic E-state index is 13.2. The standard InChI is InChI=1S/C18H20N6O/c1-10-6-17-19-8-13-15-5-4-12(7-16(13)24(17)20-10)23(15)18(25)14-9-22(3)21-11(14)2/h6,8-9,12,15H,4-5,7H2,1-3H3/t12-,15-/m0/s1. The molecule has 3 aromatic heterocycles. The van der Waals surface area contributed by atoms with Crippen molar-refractivity contribution in [3.05, 3.63) is 46.7 Å². The minimum absolute atomic E-state index is 0.0838. The Kier molecular flexibility index (Phi) is 2.87. The molecule has 2 aliphatic rings. The van der Waals surface area contributed by atoms with Crippen molar-refractivity contribution >= 4 is 11.6 Å². The molecular formula is C18H20N6O. The van der Waals surface area contributed by atoms with Gasteiger partial charge in [0.2, 0.25) is 0 Å². The minimum atomic E-state index is 0.0838. The van der Waals surface area contributed by atoms with E-state index in [4.69, 9.17) is 0 Å². The van der Waals surface area contributed by atoms with Crippen LogP contribution in [0.5, 0.6) is 0 Å². The van der Waals surface area contributed by atoms with Gasteiger partial charge in [-0.2, -0.15) is 10.2 Å². The number of carbonyl (C=O) groups is 1. The van der Waals surface area contributed by atoms with E-state index in [1.165, 1.54) is 5.69 Å². The van der Waals surface area contributed by atoms with Crippen LogP contribution in [-0.4, -0.2) is 41.2 Å². The predicted octanol–water partition coefficient (Wildman–Crippen LogP) is 1.98. The molecule has 5 heterocycles. The number of nitrogens with zero attached hydrogens (tertiary/aromatic N) is 6. The van der Waals surface area contributed by atoms with Gasteiger partial charge in [0.25, 0.3) is 5.91 Å². The zero-order chi connectivity index (χ0) is 17.3. The molecule has 0 spiro atoms. The van der Waals surface area contributed by atoms with Gasteiger partial charge in [-0.25, -0.2) is 9.50 Å². The van der Waals surface area contributed by atoms with E-state index >= 15 is 0 Å². The Morgan fingerprint density at radius 1 is 1.24 bits per heavy atom. The molecule has 3 aromatic rings. The maximum Gasteiger partial charge on any atom is 0.258 e. The van der Waals surface area contributed by atoms with E-state index in [1.807, 2.05) is 43.9 Å². The number of carbonyl (C=O) groups excluding carboxylic acids is 1. The van der Waals surface area contributed by atoms with Crippen LogP contribution in [0.4, 0.5) is 0 Å². The van der Waals surface area contributed by atoms with E-state index in [1.54, 1.807) is 4.68 Å². The molecule has 1 saturated heterocycles. The van der Waals surface area contributed by atoms with Crippen LogP contribution in [0.15, 0.2) is 18.5 Å². The zero-order valence-electron chi connectivity index (χ0n) is 14.6. The molecule has 7 heteroatoms. The monoisotopic (exact) mass is 336 g/mol. The van der Waals surface area contributed by atoms with E-state index < -0.39 is 0 Å². The molecule has 128 valence electrons. The van der Waals surface area contributed by atoms with Gasteiger partial charge < -0.3 is 4.90 Å². The van der Waals surface area contributed by atoms with Crippen LogP contribution in [-0.2, 0) is 13.5 Å². The van der Waals surface area contributed by atoms with Crippen LogP contribution < -0.4 is 0 Å². The van der Waals surface area contributed by atoms with Crippen LogP contribution in [0, 0.1) is 13.8 Å². The van der Waals surface area contributed by atoms with Crippen molar-refractivity contribution in [3.63, 3.8) is 0 Å². The van der Waals surface area contributed by atoms with E-state index in [0.717, 1.165) is 41.9 Å². The highest BCUT2D eigenvalue weighted by Gasteiger charge is 2.44. The van der Waals surface area contributed by atoms with Crippen molar-refractivity contribution in [1.29, 1.82) is 0 Å². The molecule has 0 radical (unpaired) electrons. The SMILES string of the molecule is Cc1cc2ncc3c(n2n1)C[C@@H]1CC[C@@H]3N1C(=O)c1cn(C)nc1C. The van der Waals surface area contributed by atoms with Gasteiger partial charge in [-0.3, -0.25) is 9.48 Å². The first-order valence-corrected chi connectivity index (χ1v) is 8.70. The lowest BCUT2D eigenvalue weighted by Gasteiger charge is -2.36. The summed E-state index contributed by atoms with van der Waals surface area (Å²) in [5, 5.41) is 8.93. The van der Waals surface area contributed by atoms with Crippen molar-refractivity contribution in [3.8, 4) is 0 Å². The Morgan fingerprint density at radius 2 is 2.08 bits per heavy atom. The summed E-state index contributed by atoms with van der Waals surface area (Å²) >= 11 is 0. The lowest BCUT2D eigenvalue weighted by molar-refractivity contribution is 0.0642. The lowest BCUT2D eigenvalue weighted by atomic mass is 9.98. The lowest BCUT2D eigenvalue weighted by Crippen LogP contribution is -2.42. The Bertz CT molecular complexity index is 1020. The highest BCUT2D eigenvalue weighted by Crippen LogP contribution is 2.44. The third-order valence-electron chi connectivity index (χ3n) is 5.51. The second-order valence-electron chi connectivity index (χ2n) is 7.18. The molecule has 1 fully saturated rings. The number of hydrogen-bond donors (Lipinski definition) is 0. The highest BCUT2D eigenvalue weighted by molar-refractivity contribution is 5.96. The molecule has 25 heavy (non-hydrogen) atoms. The number of amides is 1. The molecule has 2 atom stereocenters. The van der Waals surface area contributed by atoms with Crippen LogP contribution in [0.1, 0.15) is 51.9 Å². The van der Waals surface area contributed by atoms with Crippen molar-refractivity contribution < 1.29 is 4.79 Å². The smallest absolute Gasteiger partial charge is 0.258 e. The van der Waals surface area contributed by atoms with Gasteiger partial charge >= 0.3 is 0 Å². The number of aryl methyl sites for hydroxylation is 3. The molecular weight excluding hydrogens is 316 g/mol. The normalized spacial score (nSPS) is 21.8. The van der Waals surface area contributed by atoms with Gasteiger partial charge in [-0.1, -0.05) is 0 Å². The molecule has 0 saturated carbocycles. The molecule has 0 unspecified atom stereocenters. The van der Waals surface area contributed by atoms with E-state index in [0.29, 0.717) is 5.56 Å². The van der Waals surface area contributed by atoms with Crippen LogP contribution in [0.2, 0.25) is 0 Å². The molecule has 2 aliphatic heterocycles. The molecule has 0 N–H and O–H groups in total. The van der Waals surface area contributed by atoms with E-state index in [-0.39, 0.29) is 18.0 Å². The van der Waals surface area contributed by atoms with Crippen LogP contribution in [0.3, 0.4) is 0 Å². The molecule has 2 bridgehead atoms.